The molecule has 352 valence electrons. The third kappa shape index (κ3) is 43.7. The second-order valence-corrected chi connectivity index (χ2v) is 17.3. The monoisotopic (exact) mass is 852 g/mol. The molecule has 3 N–H and O–H groups in total. The molecular weight excluding hydrogens is 755 g/mol. The molecule has 0 aromatic carbocycles. The van der Waals surface area contributed by atoms with Crippen molar-refractivity contribution >= 4 is 11.9 Å². The third-order valence-corrected chi connectivity index (χ3v) is 11.4. The second-order valence-electron chi connectivity index (χ2n) is 17.3. The molecule has 0 aromatic rings. The summed E-state index contributed by atoms with van der Waals surface area (Å²) in [7, 11) is 0. The van der Waals surface area contributed by atoms with E-state index in [4.69, 9.17) is 4.74 Å². The largest absolute Gasteiger partial charge is 0.462 e. The van der Waals surface area contributed by atoms with E-state index in [-0.39, 0.29) is 24.9 Å². The standard InChI is InChI=1S/C55H97NO5/c1-4-7-10-13-16-19-22-24-25-26-27-28-30-33-36-39-42-45-48-55(60)61-51(46-43-40-37-34-32-29-23-20-17-14-11-8-5-2)49-54(59)56-52(50-57)53(58)47-44-41-38-35-31-21-18-15-12-9-6-3/h8,11,14,17,20,23,25-29,32,51-53,57-58H,4-7,9-10,12-13,15-16,18-19,21-22,24,30-31,33-50H2,1-3H3,(H,56,59)/b11-8+,17-14+,23-20+,26-25+,28-27+,32-29-. The van der Waals surface area contributed by atoms with Crippen LogP contribution in [0.25, 0.3) is 0 Å². The van der Waals surface area contributed by atoms with Crippen LogP contribution in [-0.4, -0.2) is 46.9 Å². The first-order valence-electron chi connectivity index (χ1n) is 25.7. The first-order valence-corrected chi connectivity index (χ1v) is 25.7. The minimum Gasteiger partial charge on any atom is -0.462 e. The van der Waals surface area contributed by atoms with Gasteiger partial charge in [-0.15, -0.1) is 0 Å². The van der Waals surface area contributed by atoms with Crippen molar-refractivity contribution in [1.29, 1.82) is 0 Å². The van der Waals surface area contributed by atoms with Crippen molar-refractivity contribution in [2.45, 2.75) is 257 Å². The van der Waals surface area contributed by atoms with Crippen LogP contribution in [-0.2, 0) is 14.3 Å². The summed E-state index contributed by atoms with van der Waals surface area (Å²) in [5.41, 5.74) is 0. The molecule has 0 aliphatic rings. The van der Waals surface area contributed by atoms with Crippen molar-refractivity contribution in [3.05, 3.63) is 72.9 Å². The molecule has 0 saturated carbocycles. The van der Waals surface area contributed by atoms with Crippen LogP contribution in [0.3, 0.4) is 0 Å². The molecule has 0 aliphatic carbocycles. The number of aliphatic hydroxyl groups is 2. The number of esters is 1. The Morgan fingerprint density at radius 1 is 0.492 bits per heavy atom. The van der Waals surface area contributed by atoms with Gasteiger partial charge in [-0.1, -0.05) is 229 Å². The minimum absolute atomic E-state index is 0.0426. The normalized spacial score (nSPS) is 13.9. The summed E-state index contributed by atoms with van der Waals surface area (Å²) in [5.74, 6) is -0.533. The van der Waals surface area contributed by atoms with Crippen LogP contribution in [0.5, 0.6) is 0 Å². The summed E-state index contributed by atoms with van der Waals surface area (Å²) in [4.78, 5) is 26.1. The number of carbonyl (C=O) groups is 2. The van der Waals surface area contributed by atoms with Crippen LogP contribution in [0.15, 0.2) is 72.9 Å². The van der Waals surface area contributed by atoms with Gasteiger partial charge in [-0.05, 0) is 70.6 Å². The van der Waals surface area contributed by atoms with Gasteiger partial charge in [0.25, 0.3) is 0 Å². The van der Waals surface area contributed by atoms with Crippen molar-refractivity contribution in [3.63, 3.8) is 0 Å². The van der Waals surface area contributed by atoms with Gasteiger partial charge in [0.05, 0.1) is 25.2 Å². The maximum absolute atomic E-state index is 13.2. The highest BCUT2D eigenvalue weighted by atomic mass is 16.5. The first-order chi connectivity index (χ1) is 30.0. The van der Waals surface area contributed by atoms with E-state index in [0.717, 1.165) is 89.9 Å². The van der Waals surface area contributed by atoms with Crippen LogP contribution in [0, 0.1) is 0 Å². The van der Waals surface area contributed by atoms with Gasteiger partial charge in [0, 0.05) is 6.42 Å². The average Bonchev–Trinajstić information content (AvgIpc) is 3.25. The zero-order valence-electron chi connectivity index (χ0n) is 40.0. The Morgan fingerprint density at radius 2 is 0.885 bits per heavy atom. The predicted octanol–water partition coefficient (Wildman–Crippen LogP) is 15.4. The van der Waals surface area contributed by atoms with Crippen molar-refractivity contribution in [3.8, 4) is 0 Å². The lowest BCUT2D eigenvalue weighted by Gasteiger charge is -2.24. The summed E-state index contributed by atoms with van der Waals surface area (Å²) in [6, 6.07) is -0.720. The van der Waals surface area contributed by atoms with Crippen molar-refractivity contribution < 1.29 is 24.5 Å². The molecule has 0 aromatic heterocycles. The van der Waals surface area contributed by atoms with E-state index in [1.807, 2.05) is 24.3 Å². The average molecular weight is 852 g/mol. The molecule has 6 nitrogen and oxygen atoms in total. The molecule has 0 spiro atoms. The van der Waals surface area contributed by atoms with E-state index in [0.29, 0.717) is 19.3 Å². The summed E-state index contributed by atoms with van der Waals surface area (Å²) < 4.78 is 5.91. The zero-order chi connectivity index (χ0) is 44.5. The van der Waals surface area contributed by atoms with Gasteiger partial charge in [0.2, 0.25) is 5.91 Å². The SMILES string of the molecule is CC/C=C/C=C/C=C/C=C\CCCCCC(CC(=O)NC(CO)C(O)CCCCCCCCCCCCC)OC(=O)CCCCCCC/C=C/C=C/CCCCCCCCC. The summed E-state index contributed by atoms with van der Waals surface area (Å²) >= 11 is 0. The van der Waals surface area contributed by atoms with Crippen molar-refractivity contribution in [1.82, 2.24) is 5.32 Å². The molecule has 0 bridgehead atoms. The number of allylic oxidation sites excluding steroid dienone is 12. The fourth-order valence-corrected chi connectivity index (χ4v) is 7.49. The van der Waals surface area contributed by atoms with Gasteiger partial charge in [-0.3, -0.25) is 9.59 Å². The van der Waals surface area contributed by atoms with Crippen LogP contribution in [0.2, 0.25) is 0 Å². The molecule has 61 heavy (non-hydrogen) atoms. The fourth-order valence-electron chi connectivity index (χ4n) is 7.49. The van der Waals surface area contributed by atoms with Gasteiger partial charge in [-0.2, -0.15) is 0 Å². The molecule has 6 heteroatoms. The molecule has 1 amide bonds. The number of aliphatic hydroxyl groups excluding tert-OH is 2. The third-order valence-electron chi connectivity index (χ3n) is 11.4. The molecule has 0 aliphatic heterocycles. The minimum atomic E-state index is -0.803. The predicted molar refractivity (Wildman–Crippen MR) is 264 cm³/mol. The summed E-state index contributed by atoms with van der Waals surface area (Å²) in [6.07, 6.45) is 61.0. The van der Waals surface area contributed by atoms with E-state index < -0.39 is 18.2 Å². The number of hydrogen-bond donors (Lipinski definition) is 3. The Morgan fingerprint density at radius 3 is 1.38 bits per heavy atom. The lowest BCUT2D eigenvalue weighted by atomic mass is 10.0. The zero-order valence-corrected chi connectivity index (χ0v) is 40.0. The summed E-state index contributed by atoms with van der Waals surface area (Å²) in [6.45, 7) is 6.31. The highest BCUT2D eigenvalue weighted by molar-refractivity contribution is 5.77. The van der Waals surface area contributed by atoms with Crippen LogP contribution < -0.4 is 5.32 Å². The molecule has 3 unspecified atom stereocenters. The van der Waals surface area contributed by atoms with Crippen LogP contribution in [0.1, 0.15) is 239 Å². The number of amides is 1. The maximum Gasteiger partial charge on any atom is 0.306 e. The highest BCUT2D eigenvalue weighted by Gasteiger charge is 2.24. The topological polar surface area (TPSA) is 95.9 Å². The number of carbonyl (C=O) groups excluding carboxylic acids is 2. The highest BCUT2D eigenvalue weighted by Crippen LogP contribution is 2.17. The Bertz CT molecular complexity index is 1140. The summed E-state index contributed by atoms with van der Waals surface area (Å²) in [5, 5.41) is 23.7. The smallest absolute Gasteiger partial charge is 0.306 e. The molecular formula is C55H97NO5. The number of unbranched alkanes of at least 4 members (excludes halogenated alkanes) is 25. The van der Waals surface area contributed by atoms with Gasteiger partial charge < -0.3 is 20.3 Å². The van der Waals surface area contributed by atoms with Crippen molar-refractivity contribution in [2.75, 3.05) is 6.61 Å². The lowest BCUT2D eigenvalue weighted by Crippen LogP contribution is -2.46. The van der Waals surface area contributed by atoms with Gasteiger partial charge in [-0.25, -0.2) is 0 Å². The second kappa shape index (κ2) is 48.3. The number of hydrogen-bond acceptors (Lipinski definition) is 5. The van der Waals surface area contributed by atoms with E-state index in [1.54, 1.807) is 0 Å². The number of ether oxygens (including phenoxy) is 1. The number of nitrogens with one attached hydrogen (secondary N) is 1. The molecule has 0 fully saturated rings. The van der Waals surface area contributed by atoms with Gasteiger partial charge in [0.1, 0.15) is 6.10 Å². The van der Waals surface area contributed by atoms with Gasteiger partial charge >= 0.3 is 5.97 Å². The number of rotatable bonds is 45. The lowest BCUT2D eigenvalue weighted by molar-refractivity contribution is -0.151. The molecule has 0 rings (SSSR count). The van der Waals surface area contributed by atoms with Crippen LogP contribution >= 0.6 is 0 Å². The Kier molecular flexibility index (Phi) is 46.2. The molecule has 0 saturated heterocycles. The van der Waals surface area contributed by atoms with Crippen LogP contribution in [0.4, 0.5) is 0 Å². The molecule has 0 heterocycles. The maximum atomic E-state index is 13.2. The molecule has 3 atom stereocenters. The van der Waals surface area contributed by atoms with Gasteiger partial charge in [0.15, 0.2) is 0 Å². The van der Waals surface area contributed by atoms with E-state index in [1.165, 1.54) is 103 Å². The van der Waals surface area contributed by atoms with E-state index in [9.17, 15) is 19.8 Å². The Balaban J connectivity index is 4.64. The first kappa shape index (κ1) is 58.3. The quantitative estimate of drug-likeness (QED) is 0.0322. The Hall–Kier alpha value is -2.70. The van der Waals surface area contributed by atoms with E-state index in [2.05, 4.69) is 74.7 Å². The molecule has 0 radical (unpaired) electrons. The fraction of sp³-hybridized carbons (Fsp3) is 0.745. The van der Waals surface area contributed by atoms with Crippen molar-refractivity contribution in [2.24, 2.45) is 0 Å². The van der Waals surface area contributed by atoms with E-state index >= 15 is 0 Å². The Labute approximate surface area is 377 Å².